The molecule has 0 N–H and O–H groups in total. The van der Waals surface area contributed by atoms with E-state index >= 15 is 0 Å². The molecular weight excluding hydrogens is 428 g/mol. The molecule has 1 heterocycles. The zero-order valence-corrected chi connectivity index (χ0v) is 21.2. The summed E-state index contributed by atoms with van der Waals surface area (Å²) in [5, 5.41) is 0. The van der Waals surface area contributed by atoms with E-state index in [1.807, 2.05) is 0 Å². The van der Waals surface area contributed by atoms with Crippen molar-refractivity contribution in [2.75, 3.05) is 13.7 Å². The Labute approximate surface area is 204 Å². The fraction of sp³-hybridized carbons (Fsp3) is 0.862. The number of methoxy groups -OCH3 is 1. The first kappa shape index (κ1) is 23.1. The SMILES string of the molecule is C=C(C)C(=O)OC.CC1(C(=O)OC2CCCCO2)CC2CC1C1C3CC(C4C5CCC(C5)C34)C21. The number of hydrogen-bond donors (Lipinski definition) is 0. The summed E-state index contributed by atoms with van der Waals surface area (Å²) >= 11 is 0. The van der Waals surface area contributed by atoms with Crippen LogP contribution in [0.5, 0.6) is 0 Å². The van der Waals surface area contributed by atoms with Gasteiger partial charge in [0.2, 0.25) is 6.29 Å². The smallest absolute Gasteiger partial charge is 0.332 e. The minimum atomic E-state index is -0.347. The predicted octanol–water partition coefficient (Wildman–Crippen LogP) is 5.38. The van der Waals surface area contributed by atoms with Gasteiger partial charge in [-0.05, 0) is 124 Å². The molecule has 0 radical (unpaired) electrons. The Hall–Kier alpha value is -1.36. The van der Waals surface area contributed by atoms with E-state index in [0.717, 1.165) is 85.6 Å². The molecule has 7 aliphatic rings. The molecule has 6 saturated carbocycles. The van der Waals surface area contributed by atoms with Crippen molar-refractivity contribution >= 4 is 11.9 Å². The Balaban J connectivity index is 0.000000275. The third-order valence-corrected chi connectivity index (χ3v) is 11.5. The molecule has 5 heteroatoms. The molecule has 5 nitrogen and oxygen atoms in total. The van der Waals surface area contributed by atoms with Crippen molar-refractivity contribution < 1.29 is 23.8 Å². The van der Waals surface area contributed by atoms with Gasteiger partial charge in [-0.15, -0.1) is 0 Å². The second-order valence-electron chi connectivity index (χ2n) is 12.9. The van der Waals surface area contributed by atoms with Gasteiger partial charge in [0, 0.05) is 12.0 Å². The second-order valence-corrected chi connectivity index (χ2v) is 12.9. The van der Waals surface area contributed by atoms with Crippen molar-refractivity contribution in [1.29, 1.82) is 0 Å². The number of carbonyl (C=O) groups excluding carboxylic acids is 2. The van der Waals surface area contributed by atoms with Crippen LogP contribution in [0.4, 0.5) is 0 Å². The Morgan fingerprint density at radius 2 is 1.59 bits per heavy atom. The van der Waals surface area contributed by atoms with Crippen LogP contribution in [0.2, 0.25) is 0 Å². The number of carbonyl (C=O) groups is 2. The molecule has 0 aromatic heterocycles. The molecule has 7 fully saturated rings. The Morgan fingerprint density at radius 1 is 0.912 bits per heavy atom. The van der Waals surface area contributed by atoms with Crippen LogP contribution in [0.1, 0.15) is 71.6 Å². The third kappa shape index (κ3) is 3.28. The van der Waals surface area contributed by atoms with Crippen LogP contribution in [-0.4, -0.2) is 31.9 Å². The van der Waals surface area contributed by atoms with Crippen LogP contribution < -0.4 is 0 Å². The highest BCUT2D eigenvalue weighted by molar-refractivity contribution is 5.86. The average molecular weight is 471 g/mol. The molecule has 0 aromatic rings. The lowest BCUT2D eigenvalue weighted by atomic mass is 9.55. The van der Waals surface area contributed by atoms with Gasteiger partial charge in [-0.3, -0.25) is 4.79 Å². The van der Waals surface area contributed by atoms with Crippen molar-refractivity contribution in [3.63, 3.8) is 0 Å². The maximum absolute atomic E-state index is 13.3. The zero-order chi connectivity index (χ0) is 23.8. The van der Waals surface area contributed by atoms with Gasteiger partial charge in [-0.25, -0.2) is 4.79 Å². The Kier molecular flexibility index (Phi) is 5.66. The van der Waals surface area contributed by atoms with E-state index in [1.165, 1.54) is 32.8 Å². The van der Waals surface area contributed by atoms with Gasteiger partial charge in [0.05, 0.1) is 19.1 Å². The van der Waals surface area contributed by atoms with Crippen molar-refractivity contribution in [2.45, 2.75) is 77.9 Å². The van der Waals surface area contributed by atoms with Crippen molar-refractivity contribution in [2.24, 2.45) is 64.6 Å². The van der Waals surface area contributed by atoms with Crippen LogP contribution in [0.15, 0.2) is 12.2 Å². The molecule has 6 aliphatic carbocycles. The number of esters is 2. The number of hydrogen-bond acceptors (Lipinski definition) is 5. The quantitative estimate of drug-likeness (QED) is 0.315. The van der Waals surface area contributed by atoms with E-state index in [-0.39, 0.29) is 23.6 Å². The lowest BCUT2D eigenvalue weighted by Crippen LogP contribution is -2.48. The summed E-state index contributed by atoms with van der Waals surface area (Å²) in [7, 11) is 1.33. The second kappa shape index (κ2) is 8.35. The standard InChI is InChI=1S/C24H34O3.C5H8O2/c1-24(23(25)27-18-4-2-3-7-26-18)11-14-9-17(24)22-16-10-15(21(14)22)19-12-5-6-13(8-12)20(16)19;1-4(2)5(6)7-3/h12-22H,2-11H2,1H3;1H2,2-3H3. The topological polar surface area (TPSA) is 61.8 Å². The van der Waals surface area contributed by atoms with Gasteiger partial charge in [-0.1, -0.05) is 6.58 Å². The number of ether oxygens (including phenoxy) is 3. The van der Waals surface area contributed by atoms with E-state index in [9.17, 15) is 9.59 Å². The molecule has 12 atom stereocenters. The summed E-state index contributed by atoms with van der Waals surface area (Å²) < 4.78 is 15.9. The van der Waals surface area contributed by atoms with Crippen molar-refractivity contribution in [3.05, 3.63) is 12.2 Å². The largest absolute Gasteiger partial charge is 0.466 e. The molecule has 0 amide bonds. The van der Waals surface area contributed by atoms with E-state index in [2.05, 4.69) is 18.2 Å². The van der Waals surface area contributed by atoms with Crippen molar-refractivity contribution in [1.82, 2.24) is 0 Å². The summed E-state index contributed by atoms with van der Waals surface area (Å²) in [5.74, 6) is 9.17. The summed E-state index contributed by atoms with van der Waals surface area (Å²) in [6, 6.07) is 0. The van der Waals surface area contributed by atoms with Gasteiger partial charge in [-0.2, -0.15) is 0 Å². The molecule has 12 unspecified atom stereocenters. The van der Waals surface area contributed by atoms with Crippen molar-refractivity contribution in [3.8, 4) is 0 Å². The summed E-state index contributed by atoms with van der Waals surface area (Å²) in [5.41, 5.74) is 0.201. The first-order valence-corrected chi connectivity index (χ1v) is 13.9. The average Bonchev–Trinajstić information content (AvgIpc) is 3.65. The highest BCUT2D eigenvalue weighted by Crippen LogP contribution is 2.78. The van der Waals surface area contributed by atoms with Gasteiger partial charge in [0.1, 0.15) is 0 Å². The van der Waals surface area contributed by atoms with Crippen LogP contribution in [0, 0.1) is 64.6 Å². The van der Waals surface area contributed by atoms with Crippen LogP contribution in [-0.2, 0) is 23.8 Å². The molecule has 1 saturated heterocycles. The number of rotatable bonds is 3. The van der Waals surface area contributed by atoms with E-state index in [0.29, 0.717) is 11.5 Å². The molecule has 1 aliphatic heterocycles. The zero-order valence-electron chi connectivity index (χ0n) is 21.2. The van der Waals surface area contributed by atoms with Gasteiger partial charge in [0.15, 0.2) is 0 Å². The fourth-order valence-corrected chi connectivity index (χ4v) is 10.6. The summed E-state index contributed by atoms with van der Waals surface area (Å²) in [6.07, 6.45) is 11.4. The number of fused-ring (bicyclic) bond motifs is 16. The predicted molar refractivity (Wildman–Crippen MR) is 127 cm³/mol. The minimum absolute atomic E-state index is 0.0765. The minimum Gasteiger partial charge on any atom is -0.466 e. The first-order valence-electron chi connectivity index (χ1n) is 13.9. The van der Waals surface area contributed by atoms with Gasteiger partial charge in [0.25, 0.3) is 0 Å². The highest BCUT2D eigenvalue weighted by atomic mass is 16.7. The van der Waals surface area contributed by atoms with Gasteiger partial charge < -0.3 is 14.2 Å². The summed E-state index contributed by atoms with van der Waals surface area (Å²) in [4.78, 5) is 23.5. The fourth-order valence-electron chi connectivity index (χ4n) is 10.6. The van der Waals surface area contributed by atoms with Crippen LogP contribution in [0.3, 0.4) is 0 Å². The first-order chi connectivity index (χ1) is 16.3. The molecule has 7 rings (SSSR count). The highest BCUT2D eigenvalue weighted by Gasteiger charge is 2.74. The van der Waals surface area contributed by atoms with Gasteiger partial charge >= 0.3 is 11.9 Å². The maximum atomic E-state index is 13.3. The lowest BCUT2D eigenvalue weighted by Gasteiger charge is -2.49. The van der Waals surface area contributed by atoms with E-state index in [4.69, 9.17) is 9.47 Å². The van der Waals surface area contributed by atoms with E-state index < -0.39 is 0 Å². The monoisotopic (exact) mass is 470 g/mol. The Bertz CT molecular complexity index is 861. The van der Waals surface area contributed by atoms with E-state index in [1.54, 1.807) is 13.3 Å². The molecular formula is C29H42O5. The normalized spacial score (nSPS) is 50.9. The third-order valence-electron chi connectivity index (χ3n) is 11.5. The molecule has 0 aromatic carbocycles. The molecule has 34 heavy (non-hydrogen) atoms. The Morgan fingerprint density at radius 3 is 2.18 bits per heavy atom. The summed E-state index contributed by atoms with van der Waals surface area (Å²) in [6.45, 7) is 7.96. The van der Waals surface area contributed by atoms with Crippen LogP contribution >= 0.6 is 0 Å². The van der Waals surface area contributed by atoms with Crippen LogP contribution in [0.25, 0.3) is 0 Å². The maximum Gasteiger partial charge on any atom is 0.332 e. The molecule has 188 valence electrons. The lowest BCUT2D eigenvalue weighted by molar-refractivity contribution is -0.202. The molecule has 0 spiro atoms. The molecule has 6 bridgehead atoms.